The molecule has 0 unspecified atom stereocenters. The van der Waals surface area contributed by atoms with Gasteiger partial charge in [-0.3, -0.25) is 4.57 Å². The van der Waals surface area contributed by atoms with E-state index < -0.39 is 23.5 Å². The molecule has 0 amide bonds. The number of hydrogen-bond acceptors (Lipinski definition) is 8. The third-order valence-electron chi connectivity index (χ3n) is 16.4. The highest BCUT2D eigenvalue weighted by Gasteiger charge is 2.37. The lowest BCUT2D eigenvalue weighted by atomic mass is 9.88. The van der Waals surface area contributed by atoms with Crippen LogP contribution < -0.4 is 28.9 Å². The van der Waals surface area contributed by atoms with Crippen LogP contribution in [-0.4, -0.2) is 9.55 Å². The summed E-state index contributed by atoms with van der Waals surface area (Å²) >= 11 is 0. The van der Waals surface area contributed by atoms with Crippen molar-refractivity contribution in [1.82, 2.24) is 9.55 Å². The average Bonchev–Trinajstić information content (AvgIpc) is 1.74. The highest BCUT2D eigenvalue weighted by molar-refractivity contribution is 6.11. The smallest absolute Gasteiger partial charge is 0.416 e. The van der Waals surface area contributed by atoms with Crippen LogP contribution in [0.5, 0.6) is 34.5 Å². The molecule has 0 fully saturated rings. The van der Waals surface area contributed by atoms with E-state index in [9.17, 15) is 31.6 Å². The molecule has 89 heavy (non-hydrogen) atoms. The number of ether oxygens (including phenoxy) is 3. The van der Waals surface area contributed by atoms with E-state index in [4.69, 9.17) is 19.2 Å². The number of alkyl halides is 6. The summed E-state index contributed by atoms with van der Waals surface area (Å²) < 4.78 is 111. The molecule has 5 heterocycles. The molecule has 0 bridgehead atoms. The number of aromatic nitrogens is 2. The number of halogens is 6. The fraction of sp³-hybridized carbons (Fsp3) is 0.0270. The fourth-order valence-corrected chi connectivity index (χ4v) is 12.5. The molecule has 13 aromatic rings. The van der Waals surface area contributed by atoms with Crippen LogP contribution in [0, 0.1) is 11.3 Å². The summed E-state index contributed by atoms with van der Waals surface area (Å²) in [7, 11) is 0. The zero-order valence-corrected chi connectivity index (χ0v) is 46.4. The number of benzene rings is 11. The van der Waals surface area contributed by atoms with Crippen molar-refractivity contribution in [3.05, 3.63) is 271 Å². The van der Waals surface area contributed by atoms with E-state index in [-0.39, 0.29) is 44.4 Å². The summed E-state index contributed by atoms with van der Waals surface area (Å²) in [5.74, 6) is 3.32. The van der Waals surface area contributed by atoms with Crippen molar-refractivity contribution in [2.45, 2.75) is 12.4 Å². The van der Waals surface area contributed by atoms with Crippen molar-refractivity contribution < 1.29 is 40.6 Å². The summed E-state index contributed by atoms with van der Waals surface area (Å²) in [6.07, 6.45) is -9.74. The van der Waals surface area contributed by atoms with E-state index in [1.807, 2.05) is 211 Å². The van der Waals surface area contributed by atoms with Crippen LogP contribution in [0.4, 0.5) is 77.5 Å². The van der Waals surface area contributed by atoms with Crippen molar-refractivity contribution in [2.75, 3.05) is 14.7 Å². The largest absolute Gasteiger partial charge is 0.453 e. The fourth-order valence-electron chi connectivity index (χ4n) is 12.5. The molecule has 3 aliphatic rings. The molecule has 15 heteroatoms. The Labute approximate surface area is 504 Å². The lowest BCUT2D eigenvalue weighted by Gasteiger charge is -2.34. The number of rotatable bonds is 7. The molecule has 3 aliphatic heterocycles. The van der Waals surface area contributed by atoms with E-state index >= 15 is 0 Å². The molecule has 9 nitrogen and oxygen atoms in total. The summed E-state index contributed by atoms with van der Waals surface area (Å²) in [6.45, 7) is 0. The van der Waals surface area contributed by atoms with Gasteiger partial charge in [-0.2, -0.15) is 31.6 Å². The SMILES string of the molecule is N#Cc1c(-c2ccc3c(c2)N(c2ccccc2)c2ccccc2O3)c(-c2ccc3c(c2)N(c2ccccc2)c2ccccc2O3)nc(-n2c3ccc(C(F)(F)F)cc3c3cc(C(F)(F)F)ccc32)c1-c1ccc2c(c1)N(c1ccccc1)c1ccccc1O2. The Balaban J connectivity index is 1.04. The van der Waals surface area contributed by atoms with Crippen LogP contribution in [0.3, 0.4) is 0 Å². The molecule has 0 spiro atoms. The minimum Gasteiger partial charge on any atom is -0.453 e. The Bertz CT molecular complexity index is 5010. The summed E-state index contributed by atoms with van der Waals surface area (Å²) in [5, 5.41) is 12.2. The lowest BCUT2D eigenvalue weighted by Crippen LogP contribution is -2.16. The van der Waals surface area contributed by atoms with Gasteiger partial charge in [0.15, 0.2) is 34.5 Å². The standard InChI is InChI=1S/C74H42F6N6O3/c75-73(76,77)47-31-33-55-52(41-47)53-42-48(74(78,79)80)32-34-56(53)86(55)72-70(45-29-36-67-61(39-45)84(50-18-6-2-7-19-50)58-23-11-14-26-64(58)88-67)54(43-81)69(44-28-35-66-60(38-44)83(49-16-4-1-5-17-49)57-22-10-13-25-63(57)87-66)71(82-72)46-30-37-68-62(40-46)85(51-20-8-3-9-21-51)59-24-12-15-27-65(59)89-68/h1-42H. The van der Waals surface area contributed by atoms with Gasteiger partial charge >= 0.3 is 12.4 Å². The van der Waals surface area contributed by atoms with Gasteiger partial charge in [0.25, 0.3) is 0 Å². The first kappa shape index (κ1) is 52.8. The van der Waals surface area contributed by atoms with Crippen LogP contribution >= 0.6 is 0 Å². The van der Waals surface area contributed by atoms with Gasteiger partial charge in [-0.05, 0) is 163 Å². The molecule has 0 N–H and O–H groups in total. The quantitative estimate of drug-likeness (QED) is 0.146. The first-order valence-electron chi connectivity index (χ1n) is 28.4. The van der Waals surface area contributed by atoms with Crippen LogP contribution in [0.15, 0.2) is 255 Å². The Morgan fingerprint density at radius 3 is 1.09 bits per heavy atom. The topological polar surface area (TPSA) is 79.0 Å². The molecule has 0 aliphatic carbocycles. The molecule has 2 aromatic heterocycles. The van der Waals surface area contributed by atoms with Crippen LogP contribution in [0.2, 0.25) is 0 Å². The second-order valence-corrected chi connectivity index (χ2v) is 21.6. The number of anilines is 9. The summed E-state index contributed by atoms with van der Waals surface area (Å²) in [4.78, 5) is 11.9. The van der Waals surface area contributed by atoms with Gasteiger partial charge in [-0.1, -0.05) is 103 Å². The van der Waals surface area contributed by atoms with Crippen molar-refractivity contribution in [3.63, 3.8) is 0 Å². The van der Waals surface area contributed by atoms with Crippen molar-refractivity contribution >= 4 is 73.0 Å². The number of fused-ring (bicyclic) bond motifs is 9. The van der Waals surface area contributed by atoms with E-state index in [2.05, 4.69) is 15.9 Å². The molecule has 0 radical (unpaired) electrons. The molecule has 0 atom stereocenters. The van der Waals surface area contributed by atoms with E-state index in [1.54, 1.807) is 16.7 Å². The Morgan fingerprint density at radius 1 is 0.348 bits per heavy atom. The summed E-state index contributed by atoms with van der Waals surface area (Å²) in [6, 6.07) is 77.5. The minimum absolute atomic E-state index is 0.0310. The van der Waals surface area contributed by atoms with Crippen LogP contribution in [0.1, 0.15) is 16.7 Å². The first-order chi connectivity index (χ1) is 43.4. The maximum atomic E-state index is 14.9. The van der Waals surface area contributed by atoms with Gasteiger partial charge < -0.3 is 28.9 Å². The lowest BCUT2D eigenvalue weighted by molar-refractivity contribution is -0.138. The Hall–Kier alpha value is -11.8. The number of pyridine rings is 1. The maximum absolute atomic E-state index is 14.9. The van der Waals surface area contributed by atoms with Gasteiger partial charge in [0.1, 0.15) is 11.9 Å². The number of nitrogens with zero attached hydrogens (tertiary/aromatic N) is 6. The Kier molecular flexibility index (Phi) is 12.0. The molecule has 16 rings (SSSR count). The van der Waals surface area contributed by atoms with Crippen molar-refractivity contribution in [1.29, 1.82) is 5.26 Å². The molecule has 11 aromatic carbocycles. The van der Waals surface area contributed by atoms with Gasteiger partial charge in [-0.15, -0.1) is 0 Å². The maximum Gasteiger partial charge on any atom is 0.416 e. The second-order valence-electron chi connectivity index (χ2n) is 21.6. The average molecular weight is 1180 g/mol. The normalized spacial score (nSPS) is 13.0. The van der Waals surface area contributed by atoms with E-state index in [0.717, 1.165) is 52.7 Å². The minimum atomic E-state index is -4.87. The zero-order chi connectivity index (χ0) is 60.3. The second kappa shape index (κ2) is 20.2. The number of hydrogen-bond donors (Lipinski definition) is 0. The summed E-state index contributed by atoms with van der Waals surface area (Å²) in [5.41, 5.74) is 6.79. The monoisotopic (exact) mass is 1180 g/mol. The van der Waals surface area contributed by atoms with E-state index in [1.165, 1.54) is 12.1 Å². The van der Waals surface area contributed by atoms with Crippen molar-refractivity contribution in [2.24, 2.45) is 0 Å². The predicted octanol–water partition coefficient (Wildman–Crippen LogP) is 21.8. The van der Waals surface area contributed by atoms with Crippen LogP contribution in [0.25, 0.3) is 61.1 Å². The van der Waals surface area contributed by atoms with Crippen molar-refractivity contribution in [3.8, 4) is 79.9 Å². The van der Waals surface area contributed by atoms with Gasteiger partial charge in [-0.25, -0.2) is 4.98 Å². The first-order valence-corrected chi connectivity index (χ1v) is 28.4. The Morgan fingerprint density at radius 2 is 0.697 bits per heavy atom. The van der Waals surface area contributed by atoms with E-state index in [0.29, 0.717) is 79.5 Å². The molecule has 428 valence electrons. The van der Waals surface area contributed by atoms with Gasteiger partial charge in [0.05, 0.1) is 67.5 Å². The van der Waals surface area contributed by atoms with Gasteiger partial charge in [0.2, 0.25) is 0 Å². The zero-order valence-electron chi connectivity index (χ0n) is 46.4. The molecular formula is C74H42F6N6O3. The predicted molar refractivity (Wildman–Crippen MR) is 334 cm³/mol. The number of para-hydroxylation sites is 9. The van der Waals surface area contributed by atoms with Gasteiger partial charge in [0, 0.05) is 44.5 Å². The molecule has 0 saturated carbocycles. The van der Waals surface area contributed by atoms with Crippen LogP contribution in [-0.2, 0) is 12.4 Å². The third kappa shape index (κ3) is 8.66. The molecule has 0 saturated heterocycles. The highest BCUT2D eigenvalue weighted by atomic mass is 19.4. The highest BCUT2D eigenvalue weighted by Crippen LogP contribution is 2.57. The number of nitriles is 1. The molecular weight excluding hydrogens is 1130 g/mol. The third-order valence-corrected chi connectivity index (χ3v) is 16.4.